The van der Waals surface area contributed by atoms with Crippen LogP contribution in [0.5, 0.6) is 0 Å². The molecule has 3 N–H and O–H groups in total. The van der Waals surface area contributed by atoms with Crippen LogP contribution in [0.3, 0.4) is 0 Å². The van der Waals surface area contributed by atoms with Crippen molar-refractivity contribution < 1.29 is 80.2 Å². The van der Waals surface area contributed by atoms with Crippen LogP contribution in [0.25, 0.3) is 0 Å². The van der Waals surface area contributed by atoms with Gasteiger partial charge in [-0.25, -0.2) is 9.13 Å². The maximum absolute atomic E-state index is 13.1. The lowest BCUT2D eigenvalue weighted by Gasteiger charge is -2.21. The van der Waals surface area contributed by atoms with Crippen molar-refractivity contribution in [2.75, 3.05) is 39.6 Å². The van der Waals surface area contributed by atoms with Crippen LogP contribution in [0.1, 0.15) is 407 Å². The van der Waals surface area contributed by atoms with E-state index in [9.17, 15) is 43.2 Å². The molecule has 17 nitrogen and oxygen atoms in total. The first-order valence-electron chi connectivity index (χ1n) is 39.8. The van der Waals surface area contributed by atoms with E-state index in [4.69, 9.17) is 37.0 Å². The van der Waals surface area contributed by atoms with Gasteiger partial charge in [0.2, 0.25) is 0 Å². The zero-order chi connectivity index (χ0) is 69.7. The van der Waals surface area contributed by atoms with Gasteiger partial charge in [-0.05, 0) is 25.7 Å². The van der Waals surface area contributed by atoms with Crippen LogP contribution in [0.2, 0.25) is 0 Å². The molecule has 0 rings (SSSR count). The standard InChI is InChI=1S/C76H148O17P2/c1-5-9-13-17-21-24-26-28-30-32-33-34-35-36-38-40-42-44-47-51-55-59-63-76(81)93-72(67-87-74(79)61-57-53-49-46-43-41-39-37-31-29-27-25-22-18-14-10-6-2)69-91-95(84,85)89-65-70(77)64-88-94(82,83)90-68-71(66-86-73(78)60-56-52-48-20-16-12-8-4)92-75(80)62-58-54-50-45-23-19-15-11-7-3/h70-72,77H,5-69H2,1-4H3,(H,82,83)(H,84,85)/t70-,71+,72+/m0/s1. The number of hydrogen-bond acceptors (Lipinski definition) is 15. The Bertz CT molecular complexity index is 1810. The highest BCUT2D eigenvalue weighted by Gasteiger charge is 2.30. The summed E-state index contributed by atoms with van der Waals surface area (Å²) in [5.41, 5.74) is 0. The molecule has 0 aliphatic rings. The number of esters is 4. The second-order valence-corrected chi connectivity index (χ2v) is 30.3. The number of aliphatic hydroxyl groups excluding tert-OH is 1. The van der Waals surface area contributed by atoms with Crippen molar-refractivity contribution in [1.82, 2.24) is 0 Å². The smallest absolute Gasteiger partial charge is 0.462 e. The lowest BCUT2D eigenvalue weighted by molar-refractivity contribution is -0.161. The molecule has 0 saturated carbocycles. The van der Waals surface area contributed by atoms with Gasteiger partial charge in [-0.1, -0.05) is 355 Å². The number of unbranched alkanes of at least 4 members (excludes halogenated alkanes) is 51. The monoisotopic (exact) mass is 1400 g/mol. The molecule has 0 saturated heterocycles. The van der Waals surface area contributed by atoms with Crippen molar-refractivity contribution in [2.24, 2.45) is 0 Å². The third-order valence-corrected chi connectivity index (χ3v) is 19.8. The molecule has 0 aliphatic carbocycles. The molecule has 0 radical (unpaired) electrons. The quantitative estimate of drug-likeness (QED) is 0.0222. The number of ether oxygens (including phenoxy) is 4. The van der Waals surface area contributed by atoms with Crippen LogP contribution >= 0.6 is 15.6 Å². The Hall–Kier alpha value is -1.94. The Labute approximate surface area is 581 Å². The minimum atomic E-state index is -4.95. The van der Waals surface area contributed by atoms with E-state index in [0.717, 1.165) is 103 Å². The maximum atomic E-state index is 13.1. The first kappa shape index (κ1) is 93.1. The van der Waals surface area contributed by atoms with E-state index in [1.165, 1.54) is 225 Å². The van der Waals surface area contributed by atoms with E-state index in [-0.39, 0.29) is 25.7 Å². The van der Waals surface area contributed by atoms with E-state index in [0.29, 0.717) is 25.7 Å². The van der Waals surface area contributed by atoms with Crippen molar-refractivity contribution in [3.63, 3.8) is 0 Å². The molecule has 0 aromatic carbocycles. The summed E-state index contributed by atoms with van der Waals surface area (Å²) in [6.07, 6.45) is 61.4. The SMILES string of the molecule is CCCCCCCCCCCCCCCCCCCCCCCCC(=O)O[C@H](COC(=O)CCCCCCCCCCCCCCCCCCC)COP(=O)(O)OC[C@@H](O)COP(=O)(O)OC[C@@H](COC(=O)CCCCCCCCC)OC(=O)CCCCCCCCCCC. The number of phosphoric acid groups is 2. The molecule has 0 fully saturated rings. The molecule has 0 aromatic rings. The lowest BCUT2D eigenvalue weighted by Crippen LogP contribution is -2.30. The highest BCUT2D eigenvalue weighted by molar-refractivity contribution is 7.47. The number of hydrogen-bond donors (Lipinski definition) is 3. The van der Waals surface area contributed by atoms with E-state index >= 15 is 0 Å². The second-order valence-electron chi connectivity index (χ2n) is 27.4. The molecular weight excluding hydrogens is 1250 g/mol. The molecule has 564 valence electrons. The predicted octanol–water partition coefficient (Wildman–Crippen LogP) is 22.6. The molecular formula is C76H148O17P2. The fraction of sp³-hybridized carbons (Fsp3) is 0.947. The predicted molar refractivity (Wildman–Crippen MR) is 386 cm³/mol. The van der Waals surface area contributed by atoms with Gasteiger partial charge in [-0.3, -0.25) is 37.3 Å². The van der Waals surface area contributed by atoms with Gasteiger partial charge in [0.05, 0.1) is 26.4 Å². The number of phosphoric ester groups is 2. The van der Waals surface area contributed by atoms with Crippen molar-refractivity contribution in [2.45, 2.75) is 425 Å². The summed E-state index contributed by atoms with van der Waals surface area (Å²) in [5.74, 6) is -2.12. The Kier molecular flexibility index (Phi) is 69.1. The minimum Gasteiger partial charge on any atom is -0.462 e. The van der Waals surface area contributed by atoms with Crippen molar-refractivity contribution >= 4 is 39.5 Å². The van der Waals surface area contributed by atoms with Crippen LogP contribution < -0.4 is 0 Å². The summed E-state index contributed by atoms with van der Waals surface area (Å²) in [4.78, 5) is 72.5. The van der Waals surface area contributed by atoms with Crippen LogP contribution in [0, 0.1) is 0 Å². The maximum Gasteiger partial charge on any atom is 0.472 e. The number of carbonyl (C=O) groups excluding carboxylic acids is 4. The van der Waals surface area contributed by atoms with E-state index in [2.05, 4.69) is 27.7 Å². The van der Waals surface area contributed by atoms with Gasteiger partial charge in [-0.2, -0.15) is 0 Å². The van der Waals surface area contributed by atoms with Crippen molar-refractivity contribution in [3.05, 3.63) is 0 Å². The molecule has 0 bridgehead atoms. The summed E-state index contributed by atoms with van der Waals surface area (Å²) in [6, 6.07) is 0. The largest absolute Gasteiger partial charge is 0.472 e. The molecule has 0 aromatic heterocycles. The Morgan fingerprint density at radius 2 is 0.421 bits per heavy atom. The zero-order valence-corrected chi connectivity index (χ0v) is 63.4. The van der Waals surface area contributed by atoms with Gasteiger partial charge >= 0.3 is 39.5 Å². The van der Waals surface area contributed by atoms with Gasteiger partial charge in [0.1, 0.15) is 19.3 Å². The minimum absolute atomic E-state index is 0.106. The zero-order valence-electron chi connectivity index (χ0n) is 61.6. The highest BCUT2D eigenvalue weighted by Crippen LogP contribution is 2.45. The van der Waals surface area contributed by atoms with Crippen LogP contribution in [0.15, 0.2) is 0 Å². The molecule has 5 atom stereocenters. The molecule has 0 spiro atoms. The first-order chi connectivity index (χ1) is 46.2. The first-order valence-corrected chi connectivity index (χ1v) is 42.8. The fourth-order valence-corrected chi connectivity index (χ4v) is 13.3. The van der Waals surface area contributed by atoms with Gasteiger partial charge in [0.25, 0.3) is 0 Å². The number of carbonyl (C=O) groups is 4. The summed E-state index contributed by atoms with van der Waals surface area (Å²) in [7, 11) is -9.90. The Morgan fingerprint density at radius 1 is 0.253 bits per heavy atom. The Balaban J connectivity index is 5.12. The lowest BCUT2D eigenvalue weighted by atomic mass is 10.0. The molecule has 95 heavy (non-hydrogen) atoms. The molecule has 0 amide bonds. The van der Waals surface area contributed by atoms with Gasteiger partial charge in [0, 0.05) is 25.7 Å². The number of aliphatic hydroxyl groups is 1. The molecule has 2 unspecified atom stereocenters. The van der Waals surface area contributed by atoms with Gasteiger partial charge in [0.15, 0.2) is 12.2 Å². The third-order valence-electron chi connectivity index (χ3n) is 17.9. The van der Waals surface area contributed by atoms with E-state index in [1.807, 2.05) is 0 Å². The normalized spacial score (nSPS) is 13.9. The fourth-order valence-electron chi connectivity index (χ4n) is 11.8. The van der Waals surface area contributed by atoms with E-state index in [1.54, 1.807) is 0 Å². The van der Waals surface area contributed by atoms with Gasteiger partial charge in [-0.15, -0.1) is 0 Å². The van der Waals surface area contributed by atoms with Crippen LogP contribution in [-0.2, 0) is 65.4 Å². The summed E-state index contributed by atoms with van der Waals surface area (Å²) in [5, 5.41) is 10.6. The van der Waals surface area contributed by atoms with E-state index < -0.39 is 97.5 Å². The van der Waals surface area contributed by atoms with Crippen molar-refractivity contribution in [1.29, 1.82) is 0 Å². The topological polar surface area (TPSA) is 237 Å². The Morgan fingerprint density at radius 3 is 0.621 bits per heavy atom. The molecule has 19 heteroatoms. The summed E-state index contributed by atoms with van der Waals surface area (Å²) in [6.45, 7) is 4.92. The third kappa shape index (κ3) is 70.3. The molecule has 0 aliphatic heterocycles. The van der Waals surface area contributed by atoms with Gasteiger partial charge < -0.3 is 33.8 Å². The highest BCUT2D eigenvalue weighted by atomic mass is 31.2. The van der Waals surface area contributed by atoms with Crippen LogP contribution in [-0.4, -0.2) is 96.7 Å². The summed E-state index contributed by atoms with van der Waals surface area (Å²) < 4.78 is 68.3. The average Bonchev–Trinajstić information content (AvgIpc) is 3.58. The molecule has 0 heterocycles. The number of rotatable bonds is 77. The average molecular weight is 1400 g/mol. The summed E-state index contributed by atoms with van der Waals surface area (Å²) >= 11 is 0. The second kappa shape index (κ2) is 70.5. The van der Waals surface area contributed by atoms with Crippen LogP contribution in [0.4, 0.5) is 0 Å². The van der Waals surface area contributed by atoms with Crippen molar-refractivity contribution in [3.8, 4) is 0 Å².